The first kappa shape index (κ1) is 12.1. The molecule has 2 rings (SSSR count). The van der Waals surface area contributed by atoms with Crippen molar-refractivity contribution < 1.29 is 4.39 Å². The molecule has 0 heterocycles. The van der Waals surface area contributed by atoms with Gasteiger partial charge in [-0.05, 0) is 80.3 Å². The van der Waals surface area contributed by atoms with Gasteiger partial charge < -0.3 is 0 Å². The number of halogens is 1. The Morgan fingerprint density at radius 3 is 1.65 bits per heavy atom. The maximum atomic E-state index is 14.3. The molecule has 0 atom stereocenters. The molecule has 0 saturated carbocycles. The molecule has 0 N–H and O–H groups in total. The third kappa shape index (κ3) is 1.56. The van der Waals surface area contributed by atoms with Gasteiger partial charge in [0.25, 0.3) is 0 Å². The second kappa shape index (κ2) is 3.83. The monoisotopic (exact) mass is 230 g/mol. The van der Waals surface area contributed by atoms with E-state index in [1.807, 2.05) is 19.9 Å². The van der Waals surface area contributed by atoms with E-state index in [0.29, 0.717) is 0 Å². The summed E-state index contributed by atoms with van der Waals surface area (Å²) in [6.07, 6.45) is 0. The van der Waals surface area contributed by atoms with Gasteiger partial charge in [0.2, 0.25) is 0 Å². The van der Waals surface area contributed by atoms with E-state index in [0.717, 1.165) is 21.9 Å². The molecule has 0 bridgehead atoms. The van der Waals surface area contributed by atoms with Crippen LogP contribution < -0.4 is 0 Å². The lowest BCUT2D eigenvalue weighted by Gasteiger charge is -2.17. The quantitative estimate of drug-likeness (QED) is 0.608. The number of aryl methyl sites for hydroxylation is 4. The Morgan fingerprint density at radius 2 is 1.12 bits per heavy atom. The minimum atomic E-state index is -0.0608. The van der Waals surface area contributed by atoms with Crippen molar-refractivity contribution in [2.45, 2.75) is 41.5 Å². The summed E-state index contributed by atoms with van der Waals surface area (Å²) in [7, 11) is 0. The van der Waals surface area contributed by atoms with Gasteiger partial charge >= 0.3 is 0 Å². The zero-order valence-electron chi connectivity index (χ0n) is 11.5. The highest BCUT2D eigenvalue weighted by molar-refractivity contribution is 5.94. The molecule has 0 nitrogen and oxygen atoms in total. The average molecular weight is 230 g/mol. The van der Waals surface area contributed by atoms with Crippen LogP contribution >= 0.6 is 0 Å². The second-order valence-electron chi connectivity index (χ2n) is 5.07. The summed E-state index contributed by atoms with van der Waals surface area (Å²) in [4.78, 5) is 0. The Balaban J connectivity index is 3.17. The number of hydrogen-bond acceptors (Lipinski definition) is 0. The van der Waals surface area contributed by atoms with Crippen LogP contribution in [0.2, 0.25) is 0 Å². The zero-order chi connectivity index (χ0) is 12.9. The lowest BCUT2D eigenvalue weighted by atomic mass is 9.88. The van der Waals surface area contributed by atoms with Gasteiger partial charge in [0.1, 0.15) is 5.82 Å². The van der Waals surface area contributed by atoms with Crippen LogP contribution in [0.25, 0.3) is 10.8 Å². The molecule has 0 fully saturated rings. The highest BCUT2D eigenvalue weighted by Gasteiger charge is 2.15. The van der Waals surface area contributed by atoms with Gasteiger partial charge in [0.05, 0.1) is 0 Å². The van der Waals surface area contributed by atoms with Crippen molar-refractivity contribution in [3.05, 3.63) is 45.3 Å². The highest BCUT2D eigenvalue weighted by atomic mass is 19.1. The minimum absolute atomic E-state index is 0.0608. The molecule has 0 aromatic heterocycles. The van der Waals surface area contributed by atoms with Crippen LogP contribution in [0.15, 0.2) is 6.07 Å². The maximum absolute atomic E-state index is 14.3. The molecule has 17 heavy (non-hydrogen) atoms. The molecular weight excluding hydrogens is 211 g/mol. The molecule has 0 saturated heterocycles. The maximum Gasteiger partial charge on any atom is 0.134 e. The Bertz CT molecular complexity index is 622. The largest absolute Gasteiger partial charge is 0.206 e. The fourth-order valence-electron chi connectivity index (χ4n) is 2.74. The van der Waals surface area contributed by atoms with Crippen LogP contribution in [0, 0.1) is 47.4 Å². The van der Waals surface area contributed by atoms with E-state index in [4.69, 9.17) is 0 Å². The first-order valence-electron chi connectivity index (χ1n) is 6.02. The van der Waals surface area contributed by atoms with Gasteiger partial charge in [-0.3, -0.25) is 0 Å². The van der Waals surface area contributed by atoms with Gasteiger partial charge in [-0.25, -0.2) is 4.39 Å². The number of hydrogen-bond donors (Lipinski definition) is 0. The van der Waals surface area contributed by atoms with Crippen molar-refractivity contribution in [3.8, 4) is 0 Å². The van der Waals surface area contributed by atoms with Crippen molar-refractivity contribution in [2.75, 3.05) is 0 Å². The van der Waals surface area contributed by atoms with E-state index in [1.165, 1.54) is 22.3 Å². The van der Waals surface area contributed by atoms with E-state index in [9.17, 15) is 4.39 Å². The number of benzene rings is 2. The molecule has 0 radical (unpaired) electrons. The Hall–Kier alpha value is -1.37. The van der Waals surface area contributed by atoms with Crippen LogP contribution in [0.3, 0.4) is 0 Å². The van der Waals surface area contributed by atoms with E-state index in [1.54, 1.807) is 0 Å². The lowest BCUT2D eigenvalue weighted by Crippen LogP contribution is -1.99. The molecule has 0 spiro atoms. The second-order valence-corrected chi connectivity index (χ2v) is 5.07. The van der Waals surface area contributed by atoms with Gasteiger partial charge in [-0.1, -0.05) is 6.07 Å². The molecule has 0 aliphatic carbocycles. The average Bonchev–Trinajstić information content (AvgIpc) is 2.28. The molecule has 2 aromatic carbocycles. The standard InChI is InChI=1S/C16H19F/c1-8-7-9(2)16(17)15-13(6)11(4)10(3)12(5)14(8)15/h7H,1-6H3. The van der Waals surface area contributed by atoms with Crippen molar-refractivity contribution >= 4 is 10.8 Å². The predicted octanol–water partition coefficient (Wildman–Crippen LogP) is 4.83. The van der Waals surface area contributed by atoms with Gasteiger partial charge in [0.15, 0.2) is 0 Å². The third-order valence-corrected chi connectivity index (χ3v) is 4.08. The van der Waals surface area contributed by atoms with Crippen molar-refractivity contribution in [1.29, 1.82) is 0 Å². The summed E-state index contributed by atoms with van der Waals surface area (Å²) in [6.45, 7) is 12.2. The SMILES string of the molecule is Cc1cc(C)c2c(C)c(C)c(C)c(C)c2c1F. The van der Waals surface area contributed by atoms with Crippen LogP contribution in [-0.4, -0.2) is 0 Å². The number of fused-ring (bicyclic) bond motifs is 1. The van der Waals surface area contributed by atoms with Gasteiger partial charge in [-0.2, -0.15) is 0 Å². The summed E-state index contributed by atoms with van der Waals surface area (Å²) >= 11 is 0. The van der Waals surface area contributed by atoms with E-state index >= 15 is 0 Å². The van der Waals surface area contributed by atoms with Crippen LogP contribution in [-0.2, 0) is 0 Å². The smallest absolute Gasteiger partial charge is 0.134 e. The molecule has 1 heteroatoms. The van der Waals surface area contributed by atoms with E-state index < -0.39 is 0 Å². The summed E-state index contributed by atoms with van der Waals surface area (Å²) in [5, 5.41) is 1.90. The summed E-state index contributed by atoms with van der Waals surface area (Å²) in [5.41, 5.74) is 6.68. The van der Waals surface area contributed by atoms with Crippen LogP contribution in [0.5, 0.6) is 0 Å². The normalized spacial score (nSPS) is 11.2. The van der Waals surface area contributed by atoms with Crippen LogP contribution in [0.4, 0.5) is 4.39 Å². The molecule has 90 valence electrons. The van der Waals surface area contributed by atoms with Crippen molar-refractivity contribution in [2.24, 2.45) is 0 Å². The van der Waals surface area contributed by atoms with Crippen LogP contribution in [0.1, 0.15) is 33.4 Å². The molecule has 0 amide bonds. The predicted molar refractivity (Wildman–Crippen MR) is 72.3 cm³/mol. The highest BCUT2D eigenvalue weighted by Crippen LogP contribution is 2.34. The van der Waals surface area contributed by atoms with Crippen molar-refractivity contribution in [1.82, 2.24) is 0 Å². The lowest BCUT2D eigenvalue weighted by molar-refractivity contribution is 0.629. The topological polar surface area (TPSA) is 0 Å². The fraction of sp³-hybridized carbons (Fsp3) is 0.375. The third-order valence-electron chi connectivity index (χ3n) is 4.08. The number of rotatable bonds is 0. The zero-order valence-corrected chi connectivity index (χ0v) is 11.5. The molecule has 0 aliphatic rings. The fourth-order valence-corrected chi connectivity index (χ4v) is 2.74. The molecule has 2 aromatic rings. The summed E-state index contributed by atoms with van der Waals surface area (Å²) < 4.78 is 14.3. The summed E-state index contributed by atoms with van der Waals surface area (Å²) in [5.74, 6) is -0.0608. The summed E-state index contributed by atoms with van der Waals surface area (Å²) in [6, 6.07) is 1.94. The molecular formula is C16H19F. The Labute approximate surface area is 102 Å². The van der Waals surface area contributed by atoms with Gasteiger partial charge in [0, 0.05) is 5.39 Å². The van der Waals surface area contributed by atoms with Gasteiger partial charge in [-0.15, -0.1) is 0 Å². The first-order valence-corrected chi connectivity index (χ1v) is 6.02. The van der Waals surface area contributed by atoms with E-state index in [-0.39, 0.29) is 5.82 Å². The Kier molecular flexibility index (Phi) is 2.73. The molecule has 0 unspecified atom stereocenters. The molecule has 0 aliphatic heterocycles. The van der Waals surface area contributed by atoms with Crippen molar-refractivity contribution in [3.63, 3.8) is 0 Å². The van der Waals surface area contributed by atoms with E-state index in [2.05, 4.69) is 27.7 Å². The Morgan fingerprint density at radius 1 is 0.647 bits per heavy atom. The minimum Gasteiger partial charge on any atom is -0.206 e. The first-order chi connectivity index (χ1) is 7.86.